The Hall–Kier alpha value is -0.120. The van der Waals surface area contributed by atoms with E-state index in [4.69, 9.17) is 5.84 Å². The molecule has 1 unspecified atom stereocenters. The van der Waals surface area contributed by atoms with E-state index in [1.54, 1.807) is 0 Å². The molecule has 1 aliphatic carbocycles. The zero-order valence-corrected chi connectivity index (χ0v) is 14.2. The molecule has 1 aliphatic heterocycles. The highest BCUT2D eigenvalue weighted by atomic mass is 15.3. The van der Waals surface area contributed by atoms with Crippen LogP contribution >= 0.6 is 0 Å². The fourth-order valence-corrected chi connectivity index (χ4v) is 4.67. The van der Waals surface area contributed by atoms with E-state index in [1.807, 2.05) is 0 Å². The summed E-state index contributed by atoms with van der Waals surface area (Å²) in [6.45, 7) is 4.89. The second-order valence-electron chi connectivity index (χ2n) is 7.28. The Labute approximate surface area is 132 Å². The number of nitrogens with one attached hydrogen (secondary N) is 1. The van der Waals surface area contributed by atoms with Gasteiger partial charge in [0.2, 0.25) is 0 Å². The lowest BCUT2D eigenvalue weighted by Crippen LogP contribution is -2.60. The molecule has 1 saturated carbocycles. The first-order valence-corrected chi connectivity index (χ1v) is 9.54. The molecule has 1 heterocycles. The first-order chi connectivity index (χ1) is 10.3. The maximum atomic E-state index is 5.99. The van der Waals surface area contributed by atoms with Crippen LogP contribution in [0.3, 0.4) is 0 Å². The van der Waals surface area contributed by atoms with Crippen molar-refractivity contribution in [2.45, 2.75) is 102 Å². The predicted molar refractivity (Wildman–Crippen MR) is 91.1 cm³/mol. The molecule has 3 nitrogen and oxygen atoms in total. The van der Waals surface area contributed by atoms with Crippen molar-refractivity contribution >= 4 is 0 Å². The van der Waals surface area contributed by atoms with Gasteiger partial charge < -0.3 is 0 Å². The quantitative estimate of drug-likeness (QED) is 0.364. The lowest BCUT2D eigenvalue weighted by atomic mass is 9.83. The van der Waals surface area contributed by atoms with Gasteiger partial charge in [-0.25, -0.2) is 0 Å². The highest BCUT2D eigenvalue weighted by molar-refractivity contribution is 5.04. The summed E-state index contributed by atoms with van der Waals surface area (Å²) in [7, 11) is 0. The normalized spacial score (nSPS) is 23.7. The highest BCUT2D eigenvalue weighted by Crippen LogP contribution is 2.41. The van der Waals surface area contributed by atoms with Crippen LogP contribution < -0.4 is 11.3 Å². The molecule has 124 valence electrons. The van der Waals surface area contributed by atoms with Crippen molar-refractivity contribution in [2.75, 3.05) is 13.1 Å². The molecule has 2 aliphatic rings. The van der Waals surface area contributed by atoms with Gasteiger partial charge in [-0.3, -0.25) is 16.2 Å². The maximum absolute atomic E-state index is 5.99. The lowest BCUT2D eigenvalue weighted by molar-refractivity contribution is 0.0717. The van der Waals surface area contributed by atoms with Crippen LogP contribution in [-0.4, -0.2) is 29.6 Å². The van der Waals surface area contributed by atoms with Crippen LogP contribution in [0.2, 0.25) is 0 Å². The van der Waals surface area contributed by atoms with Gasteiger partial charge in [0.15, 0.2) is 0 Å². The van der Waals surface area contributed by atoms with Gasteiger partial charge in [0, 0.05) is 11.6 Å². The standard InChI is InChI=1S/C18H37N3/c1-2-3-4-5-6-7-12-17(20-19)18(13-8-9-14-18)21-15-10-11-16-21/h17,20H,2-16,19H2,1H3. The van der Waals surface area contributed by atoms with Crippen molar-refractivity contribution in [1.82, 2.24) is 10.3 Å². The molecule has 1 atom stereocenters. The van der Waals surface area contributed by atoms with Crippen LogP contribution in [0.15, 0.2) is 0 Å². The zero-order chi connectivity index (χ0) is 15.0. The van der Waals surface area contributed by atoms with Crippen molar-refractivity contribution in [3.05, 3.63) is 0 Å². The van der Waals surface area contributed by atoms with Gasteiger partial charge in [0.25, 0.3) is 0 Å². The third kappa shape index (κ3) is 4.43. The Morgan fingerprint density at radius 1 is 0.952 bits per heavy atom. The monoisotopic (exact) mass is 295 g/mol. The van der Waals surface area contributed by atoms with Gasteiger partial charge in [-0.1, -0.05) is 58.3 Å². The first kappa shape index (κ1) is 17.2. The van der Waals surface area contributed by atoms with Crippen LogP contribution in [0.4, 0.5) is 0 Å². The van der Waals surface area contributed by atoms with Crippen molar-refractivity contribution in [1.29, 1.82) is 0 Å². The molecule has 1 saturated heterocycles. The lowest BCUT2D eigenvalue weighted by Gasteiger charge is -2.45. The van der Waals surface area contributed by atoms with E-state index in [0.717, 1.165) is 0 Å². The number of nitrogens with zero attached hydrogens (tertiary/aromatic N) is 1. The molecule has 0 aromatic heterocycles. The second kappa shape index (κ2) is 9.12. The number of hydrogen-bond donors (Lipinski definition) is 2. The Kier molecular flexibility index (Phi) is 7.48. The number of nitrogens with two attached hydrogens (primary N) is 1. The van der Waals surface area contributed by atoms with Gasteiger partial charge in [0.1, 0.15) is 0 Å². The summed E-state index contributed by atoms with van der Waals surface area (Å²) in [4.78, 5) is 2.78. The number of hydrogen-bond acceptors (Lipinski definition) is 3. The van der Waals surface area contributed by atoms with E-state index < -0.39 is 0 Å². The molecule has 2 rings (SSSR count). The highest BCUT2D eigenvalue weighted by Gasteiger charge is 2.45. The summed E-state index contributed by atoms with van der Waals surface area (Å²) in [6.07, 6.45) is 17.8. The van der Waals surface area contributed by atoms with Crippen molar-refractivity contribution < 1.29 is 0 Å². The second-order valence-corrected chi connectivity index (χ2v) is 7.28. The first-order valence-electron chi connectivity index (χ1n) is 9.54. The summed E-state index contributed by atoms with van der Waals surface area (Å²) in [5.41, 5.74) is 3.61. The Morgan fingerprint density at radius 2 is 1.57 bits per heavy atom. The van der Waals surface area contributed by atoms with E-state index in [9.17, 15) is 0 Å². The van der Waals surface area contributed by atoms with Gasteiger partial charge in [-0.2, -0.15) is 0 Å². The molecular weight excluding hydrogens is 258 g/mol. The molecule has 0 spiro atoms. The summed E-state index contributed by atoms with van der Waals surface area (Å²) in [6, 6.07) is 0.504. The van der Waals surface area contributed by atoms with Gasteiger partial charge >= 0.3 is 0 Å². The summed E-state index contributed by atoms with van der Waals surface area (Å²) < 4.78 is 0. The van der Waals surface area contributed by atoms with Crippen molar-refractivity contribution in [3.8, 4) is 0 Å². The fourth-order valence-electron chi connectivity index (χ4n) is 4.67. The Bertz CT molecular complexity index is 268. The molecule has 0 aromatic rings. The summed E-state index contributed by atoms with van der Waals surface area (Å²) in [5, 5.41) is 0. The predicted octanol–water partition coefficient (Wildman–Crippen LogP) is 3.98. The third-order valence-electron chi connectivity index (χ3n) is 5.90. The van der Waals surface area contributed by atoms with Crippen molar-refractivity contribution in [3.63, 3.8) is 0 Å². The Balaban J connectivity index is 1.81. The van der Waals surface area contributed by atoms with E-state index >= 15 is 0 Å². The largest absolute Gasteiger partial charge is 0.296 e. The molecule has 0 bridgehead atoms. The molecule has 2 fully saturated rings. The number of rotatable bonds is 10. The van der Waals surface area contributed by atoms with E-state index in [2.05, 4.69) is 17.2 Å². The molecule has 3 heteroatoms. The molecule has 0 amide bonds. The maximum Gasteiger partial charge on any atom is 0.0394 e. The minimum Gasteiger partial charge on any atom is -0.296 e. The van der Waals surface area contributed by atoms with E-state index in [-0.39, 0.29) is 0 Å². The topological polar surface area (TPSA) is 41.3 Å². The molecule has 0 radical (unpaired) electrons. The van der Waals surface area contributed by atoms with Crippen molar-refractivity contribution in [2.24, 2.45) is 5.84 Å². The summed E-state index contributed by atoms with van der Waals surface area (Å²) in [5.74, 6) is 5.99. The van der Waals surface area contributed by atoms with Gasteiger partial charge in [-0.15, -0.1) is 0 Å². The van der Waals surface area contributed by atoms with Gasteiger partial charge in [-0.05, 0) is 45.2 Å². The van der Waals surface area contributed by atoms with Gasteiger partial charge in [0.05, 0.1) is 0 Å². The SMILES string of the molecule is CCCCCCCCC(NN)C1(N2CCCC2)CCCC1. The van der Waals surface area contributed by atoms with Crippen LogP contribution in [0.25, 0.3) is 0 Å². The van der Waals surface area contributed by atoms with E-state index in [0.29, 0.717) is 11.6 Å². The minimum atomic E-state index is 0.384. The minimum absolute atomic E-state index is 0.384. The third-order valence-corrected chi connectivity index (χ3v) is 5.90. The van der Waals surface area contributed by atoms with Crippen LogP contribution in [0.1, 0.15) is 90.4 Å². The smallest absolute Gasteiger partial charge is 0.0394 e. The van der Waals surface area contributed by atoms with Crippen LogP contribution in [-0.2, 0) is 0 Å². The molecule has 3 N–H and O–H groups in total. The molecular formula is C18H37N3. The number of unbranched alkanes of at least 4 members (excludes halogenated alkanes) is 5. The zero-order valence-electron chi connectivity index (χ0n) is 14.2. The number of hydrazine groups is 1. The summed E-state index contributed by atoms with van der Waals surface area (Å²) >= 11 is 0. The Morgan fingerprint density at radius 3 is 2.19 bits per heavy atom. The number of likely N-dealkylation sites (tertiary alicyclic amines) is 1. The molecule has 0 aromatic carbocycles. The average molecular weight is 296 g/mol. The van der Waals surface area contributed by atoms with Crippen LogP contribution in [0, 0.1) is 0 Å². The average Bonchev–Trinajstić information content (AvgIpc) is 3.18. The van der Waals surface area contributed by atoms with E-state index in [1.165, 1.54) is 96.6 Å². The van der Waals surface area contributed by atoms with Crippen LogP contribution in [0.5, 0.6) is 0 Å². The molecule has 21 heavy (non-hydrogen) atoms. The fraction of sp³-hybridized carbons (Fsp3) is 1.00.